The van der Waals surface area contributed by atoms with Gasteiger partial charge in [0.1, 0.15) is 5.56 Å². The van der Waals surface area contributed by atoms with Gasteiger partial charge >= 0.3 is 0 Å². The van der Waals surface area contributed by atoms with Crippen molar-refractivity contribution < 1.29 is 0 Å². The van der Waals surface area contributed by atoms with E-state index in [-0.39, 0.29) is 0 Å². The molecule has 0 bridgehead atoms. The predicted octanol–water partition coefficient (Wildman–Crippen LogP) is 1.36. The number of rotatable bonds is 1. The Morgan fingerprint density at radius 1 is 1.12 bits per heavy atom. The van der Waals surface area contributed by atoms with E-state index in [2.05, 4.69) is 10.2 Å². The number of hydrogen-bond acceptors (Lipinski definition) is 0. The molecule has 0 aromatic heterocycles. The van der Waals surface area contributed by atoms with Crippen molar-refractivity contribution in [2.75, 3.05) is 0 Å². The van der Waals surface area contributed by atoms with Gasteiger partial charge < -0.3 is 0 Å². The Morgan fingerprint density at radius 3 is 2.12 bits per heavy atom. The van der Waals surface area contributed by atoms with Crippen molar-refractivity contribution >= 4 is 10.2 Å². The molecule has 1 rings (SSSR count). The van der Waals surface area contributed by atoms with E-state index in [9.17, 15) is 0 Å². The van der Waals surface area contributed by atoms with E-state index in [0.29, 0.717) is 0 Å². The second-order valence-electron chi connectivity index (χ2n) is 1.56. The molecule has 0 atom stereocenters. The molecular formula is C7H6Si+. The van der Waals surface area contributed by atoms with Crippen molar-refractivity contribution in [1.82, 2.24) is 0 Å². The predicted molar refractivity (Wildman–Crippen MR) is 35.6 cm³/mol. The molecule has 0 aliphatic heterocycles. The van der Waals surface area contributed by atoms with Crippen molar-refractivity contribution in [3.63, 3.8) is 0 Å². The number of hydrogen-bond donors (Lipinski definition) is 0. The standard InChI is InChI=1S/C7H6Si/c8-6-7-4-2-1-3-5-7/h1-6H/q+1. The molecule has 1 heteroatoms. The van der Waals surface area contributed by atoms with Gasteiger partial charge in [0.25, 0.3) is 0 Å². The van der Waals surface area contributed by atoms with Crippen LogP contribution in [-0.4, -0.2) is 10.2 Å². The average Bonchev–Trinajstić information content (AvgIpc) is 1.90. The van der Waals surface area contributed by atoms with Crippen molar-refractivity contribution in [2.45, 2.75) is 0 Å². The Morgan fingerprint density at radius 2 is 1.75 bits per heavy atom. The molecule has 3 radical (unpaired) electrons. The zero-order chi connectivity index (χ0) is 5.82. The topological polar surface area (TPSA) is 0 Å². The lowest BCUT2D eigenvalue weighted by Crippen LogP contribution is -1.75. The fourth-order valence-corrected chi connectivity index (χ4v) is 0.742. The van der Waals surface area contributed by atoms with Crippen LogP contribution in [0.15, 0.2) is 30.3 Å². The van der Waals surface area contributed by atoms with Gasteiger partial charge in [0.15, 0.2) is 10.2 Å². The first-order valence-electron chi connectivity index (χ1n) is 2.49. The Hall–Kier alpha value is -0.693. The van der Waals surface area contributed by atoms with Crippen molar-refractivity contribution in [2.24, 2.45) is 0 Å². The summed E-state index contributed by atoms with van der Waals surface area (Å²) < 4.78 is 0. The van der Waals surface area contributed by atoms with Gasteiger partial charge in [-0.15, -0.1) is 0 Å². The molecule has 37 valence electrons. The first-order valence-corrected chi connectivity index (χ1v) is 3.07. The lowest BCUT2D eigenvalue weighted by Gasteiger charge is -1.79. The van der Waals surface area contributed by atoms with Gasteiger partial charge in [-0.25, -0.2) is 0 Å². The fourth-order valence-electron chi connectivity index (χ4n) is 0.549. The third kappa shape index (κ3) is 1.14. The number of benzene rings is 1. The van der Waals surface area contributed by atoms with Crippen molar-refractivity contribution in [1.29, 1.82) is 0 Å². The molecule has 0 aliphatic rings. The van der Waals surface area contributed by atoms with Gasteiger partial charge in [-0.1, -0.05) is 0 Å². The van der Waals surface area contributed by atoms with Gasteiger partial charge in [0, 0.05) is 12.1 Å². The monoisotopic (exact) mass is 118 g/mol. The molecule has 0 nitrogen and oxygen atoms in total. The van der Waals surface area contributed by atoms with Crippen LogP contribution in [0.4, 0.5) is 0 Å². The first-order chi connectivity index (χ1) is 3.93. The summed E-state index contributed by atoms with van der Waals surface area (Å²) in [6.07, 6.45) is 0. The lowest BCUT2D eigenvalue weighted by molar-refractivity contribution is 1.59. The third-order valence-corrected chi connectivity index (χ3v) is 1.30. The molecule has 0 saturated carbocycles. The summed E-state index contributed by atoms with van der Waals surface area (Å²) in [6.45, 7) is 0. The molecular weight excluding hydrogens is 112 g/mol. The summed E-state index contributed by atoms with van der Waals surface area (Å²) in [5, 5.41) is 0. The summed E-state index contributed by atoms with van der Waals surface area (Å²) >= 11 is 0. The summed E-state index contributed by atoms with van der Waals surface area (Å²) in [5.41, 5.74) is 1.20. The summed E-state index contributed by atoms with van der Waals surface area (Å²) in [4.78, 5) is 0. The zero-order valence-electron chi connectivity index (χ0n) is 4.46. The summed E-state index contributed by atoms with van der Waals surface area (Å²) in [5.74, 6) is 0. The minimum absolute atomic E-state index is 1.20. The largest absolute Gasteiger partial charge is 0.170 e. The molecule has 1 aromatic carbocycles. The Labute approximate surface area is 53.0 Å². The molecule has 0 amide bonds. The van der Waals surface area contributed by atoms with Gasteiger partial charge in [0.2, 0.25) is 0 Å². The molecule has 0 fully saturated rings. The van der Waals surface area contributed by atoms with E-state index in [1.807, 2.05) is 36.4 Å². The van der Waals surface area contributed by atoms with Gasteiger partial charge in [-0.3, -0.25) is 0 Å². The molecule has 0 spiro atoms. The van der Waals surface area contributed by atoms with Crippen LogP contribution in [-0.2, 0) is 0 Å². The molecule has 0 N–H and O–H groups in total. The molecule has 1 aromatic rings. The highest BCUT2D eigenvalue weighted by Gasteiger charge is 1.90. The third-order valence-electron chi connectivity index (χ3n) is 0.966. The molecule has 0 heterocycles. The maximum atomic E-state index is 3.28. The quantitative estimate of drug-likeness (QED) is 0.386. The maximum absolute atomic E-state index is 3.28. The van der Waals surface area contributed by atoms with Gasteiger partial charge in [0.05, 0.1) is 0 Å². The van der Waals surface area contributed by atoms with E-state index < -0.39 is 0 Å². The summed E-state index contributed by atoms with van der Waals surface area (Å²) in [6, 6.07) is 12.0. The Bertz CT molecular complexity index is 146. The SMILES string of the molecule is [Si][CH+]c1ccccc1. The first kappa shape index (κ1) is 5.44. The van der Waals surface area contributed by atoms with E-state index in [0.717, 1.165) is 0 Å². The Kier molecular flexibility index (Phi) is 1.75. The molecule has 0 aliphatic carbocycles. The normalized spacial score (nSPS) is 8.62. The molecule has 8 heavy (non-hydrogen) atoms. The van der Waals surface area contributed by atoms with Crippen LogP contribution in [0, 0.1) is 6.04 Å². The van der Waals surface area contributed by atoms with E-state index in [4.69, 9.17) is 0 Å². The highest BCUT2D eigenvalue weighted by molar-refractivity contribution is 6.16. The van der Waals surface area contributed by atoms with E-state index in [1.54, 1.807) is 0 Å². The van der Waals surface area contributed by atoms with Crippen LogP contribution in [0.1, 0.15) is 5.56 Å². The van der Waals surface area contributed by atoms with Crippen molar-refractivity contribution in [3.8, 4) is 0 Å². The average molecular weight is 118 g/mol. The maximum Gasteiger partial charge on any atom is 0.170 e. The van der Waals surface area contributed by atoms with Crippen molar-refractivity contribution in [3.05, 3.63) is 41.9 Å². The highest BCUT2D eigenvalue weighted by Crippen LogP contribution is 1.96. The van der Waals surface area contributed by atoms with Gasteiger partial charge in [-0.05, 0) is 24.2 Å². The van der Waals surface area contributed by atoms with Gasteiger partial charge in [-0.2, -0.15) is 0 Å². The zero-order valence-corrected chi connectivity index (χ0v) is 5.46. The smallest absolute Gasteiger partial charge is 0.0356 e. The fraction of sp³-hybridized carbons (Fsp3) is 0. The van der Waals surface area contributed by atoms with E-state index >= 15 is 0 Å². The second-order valence-corrected chi connectivity index (χ2v) is 1.84. The van der Waals surface area contributed by atoms with Crippen LogP contribution in [0.2, 0.25) is 0 Å². The molecule has 0 unspecified atom stereocenters. The van der Waals surface area contributed by atoms with Crippen LogP contribution in [0.25, 0.3) is 0 Å². The highest BCUT2D eigenvalue weighted by atomic mass is 28.1. The minimum Gasteiger partial charge on any atom is -0.0356 e. The minimum atomic E-state index is 1.20. The Balaban J connectivity index is 2.83. The lowest BCUT2D eigenvalue weighted by atomic mass is 10.2. The molecule has 0 saturated heterocycles. The van der Waals surface area contributed by atoms with E-state index in [1.165, 1.54) is 5.56 Å². The van der Waals surface area contributed by atoms with Crippen LogP contribution in [0.3, 0.4) is 0 Å². The van der Waals surface area contributed by atoms with Crippen LogP contribution >= 0.6 is 0 Å². The van der Waals surface area contributed by atoms with Crippen LogP contribution in [0.5, 0.6) is 0 Å². The second kappa shape index (κ2) is 2.57. The van der Waals surface area contributed by atoms with Crippen LogP contribution < -0.4 is 0 Å². The summed E-state index contributed by atoms with van der Waals surface area (Å²) in [7, 11) is 3.28.